The largest absolute Gasteiger partial charge is 0.497 e. The van der Waals surface area contributed by atoms with Crippen LogP contribution in [0, 0.1) is 0 Å². The lowest BCUT2D eigenvalue weighted by Gasteiger charge is -2.13. The van der Waals surface area contributed by atoms with E-state index in [9.17, 15) is 4.79 Å². The van der Waals surface area contributed by atoms with Crippen LogP contribution in [0.15, 0.2) is 60.7 Å². The number of carbonyl (C=O) groups is 1. The van der Waals surface area contributed by atoms with Gasteiger partial charge in [-0.25, -0.2) is 0 Å². The van der Waals surface area contributed by atoms with Crippen LogP contribution in [0.25, 0.3) is 10.8 Å². The zero-order valence-corrected chi connectivity index (χ0v) is 14.2. The monoisotopic (exact) mass is 336 g/mol. The van der Waals surface area contributed by atoms with E-state index in [0.29, 0.717) is 17.2 Å². The summed E-state index contributed by atoms with van der Waals surface area (Å²) in [5, 5.41) is 8.25. The number of nitrogens with one attached hydrogen (secondary N) is 2. The minimum Gasteiger partial charge on any atom is -0.497 e. The van der Waals surface area contributed by atoms with Crippen molar-refractivity contribution in [3.05, 3.63) is 60.7 Å². The summed E-state index contributed by atoms with van der Waals surface area (Å²) in [6, 6.07) is 19.3. The number of ether oxygens (including phenoxy) is 2. The number of anilines is 2. The highest BCUT2D eigenvalue weighted by atomic mass is 16.5. The van der Waals surface area contributed by atoms with Gasteiger partial charge in [-0.1, -0.05) is 36.4 Å². The van der Waals surface area contributed by atoms with E-state index >= 15 is 0 Å². The Morgan fingerprint density at radius 1 is 0.920 bits per heavy atom. The van der Waals surface area contributed by atoms with Crippen molar-refractivity contribution in [2.24, 2.45) is 0 Å². The summed E-state index contributed by atoms with van der Waals surface area (Å²) in [5.74, 6) is 1.07. The van der Waals surface area contributed by atoms with Crippen molar-refractivity contribution in [3.8, 4) is 11.5 Å². The summed E-state index contributed by atoms with van der Waals surface area (Å²) in [6.07, 6.45) is 0. The van der Waals surface area contributed by atoms with Crippen LogP contribution in [-0.2, 0) is 4.79 Å². The molecule has 5 nitrogen and oxygen atoms in total. The van der Waals surface area contributed by atoms with Gasteiger partial charge in [0.1, 0.15) is 11.5 Å². The Morgan fingerprint density at radius 3 is 2.52 bits per heavy atom. The molecule has 0 heterocycles. The van der Waals surface area contributed by atoms with Crippen LogP contribution in [0.5, 0.6) is 11.5 Å². The molecule has 5 heteroatoms. The second kappa shape index (κ2) is 7.57. The van der Waals surface area contributed by atoms with Gasteiger partial charge >= 0.3 is 0 Å². The number of amides is 1. The Hall–Kier alpha value is -3.21. The van der Waals surface area contributed by atoms with Crippen molar-refractivity contribution < 1.29 is 14.3 Å². The van der Waals surface area contributed by atoms with E-state index in [1.807, 2.05) is 42.5 Å². The third kappa shape index (κ3) is 3.83. The summed E-state index contributed by atoms with van der Waals surface area (Å²) in [6.45, 7) is 0.147. The maximum atomic E-state index is 12.3. The first kappa shape index (κ1) is 16.6. The molecule has 0 fully saturated rings. The molecule has 0 unspecified atom stereocenters. The SMILES string of the molecule is COc1ccc(OC)c(NC(=O)CNc2cccc3ccccc23)c1. The first-order chi connectivity index (χ1) is 12.2. The van der Waals surface area contributed by atoms with Crippen molar-refractivity contribution in [2.45, 2.75) is 0 Å². The number of hydrogen-bond donors (Lipinski definition) is 2. The molecule has 0 aliphatic heterocycles. The maximum absolute atomic E-state index is 12.3. The van der Waals surface area contributed by atoms with Crippen LogP contribution in [0.2, 0.25) is 0 Å². The van der Waals surface area contributed by atoms with Gasteiger partial charge in [-0.3, -0.25) is 4.79 Å². The molecule has 0 saturated heterocycles. The summed E-state index contributed by atoms with van der Waals surface area (Å²) in [4.78, 5) is 12.3. The Bertz CT molecular complexity index is 888. The summed E-state index contributed by atoms with van der Waals surface area (Å²) >= 11 is 0. The molecule has 1 amide bonds. The predicted octanol–water partition coefficient (Wildman–Crippen LogP) is 3.91. The number of fused-ring (bicyclic) bond motifs is 1. The van der Waals surface area contributed by atoms with Gasteiger partial charge in [0.05, 0.1) is 26.5 Å². The minimum absolute atomic E-state index is 0.147. The number of methoxy groups -OCH3 is 2. The van der Waals surface area contributed by atoms with Crippen LogP contribution in [-0.4, -0.2) is 26.7 Å². The molecule has 0 spiro atoms. The van der Waals surface area contributed by atoms with Crippen LogP contribution in [0.4, 0.5) is 11.4 Å². The number of rotatable bonds is 6. The van der Waals surface area contributed by atoms with Gasteiger partial charge in [0.2, 0.25) is 5.91 Å². The molecule has 3 aromatic rings. The highest BCUT2D eigenvalue weighted by Crippen LogP contribution is 2.29. The lowest BCUT2D eigenvalue weighted by Crippen LogP contribution is -2.22. The molecule has 3 rings (SSSR count). The molecule has 3 aromatic carbocycles. The Labute approximate surface area is 146 Å². The van der Waals surface area contributed by atoms with Crippen molar-refractivity contribution in [1.29, 1.82) is 0 Å². The fourth-order valence-corrected chi connectivity index (χ4v) is 2.66. The average Bonchev–Trinajstić information content (AvgIpc) is 2.66. The Balaban J connectivity index is 1.71. The Kier molecular flexibility index (Phi) is 5.04. The average molecular weight is 336 g/mol. The molecule has 0 atom stereocenters. The molecular weight excluding hydrogens is 316 g/mol. The van der Waals surface area contributed by atoms with E-state index in [2.05, 4.69) is 10.6 Å². The quantitative estimate of drug-likeness (QED) is 0.716. The predicted molar refractivity (Wildman–Crippen MR) is 101 cm³/mol. The molecule has 0 aromatic heterocycles. The molecule has 128 valence electrons. The first-order valence-electron chi connectivity index (χ1n) is 7.95. The zero-order valence-electron chi connectivity index (χ0n) is 14.2. The van der Waals surface area contributed by atoms with E-state index in [1.165, 1.54) is 0 Å². The van der Waals surface area contributed by atoms with Crippen LogP contribution < -0.4 is 20.1 Å². The molecule has 0 saturated carbocycles. The van der Waals surface area contributed by atoms with Gasteiger partial charge in [0.15, 0.2) is 0 Å². The molecule has 0 radical (unpaired) electrons. The topological polar surface area (TPSA) is 59.6 Å². The molecular formula is C20H20N2O3. The highest BCUT2D eigenvalue weighted by molar-refractivity contribution is 5.98. The van der Waals surface area contributed by atoms with Gasteiger partial charge in [-0.15, -0.1) is 0 Å². The van der Waals surface area contributed by atoms with Crippen molar-refractivity contribution in [3.63, 3.8) is 0 Å². The fraction of sp³-hybridized carbons (Fsp3) is 0.150. The van der Waals surface area contributed by atoms with Crippen LogP contribution in [0.3, 0.4) is 0 Å². The highest BCUT2D eigenvalue weighted by Gasteiger charge is 2.09. The summed E-state index contributed by atoms with van der Waals surface area (Å²) < 4.78 is 10.5. The second-order valence-electron chi connectivity index (χ2n) is 5.49. The van der Waals surface area contributed by atoms with Gasteiger partial charge in [0, 0.05) is 17.1 Å². The van der Waals surface area contributed by atoms with E-state index in [4.69, 9.17) is 9.47 Å². The molecule has 0 bridgehead atoms. The van der Waals surface area contributed by atoms with Gasteiger partial charge in [0.25, 0.3) is 0 Å². The standard InChI is InChI=1S/C20H20N2O3/c1-24-15-10-11-19(25-2)18(12-15)22-20(23)13-21-17-9-5-7-14-6-3-4-8-16(14)17/h3-12,21H,13H2,1-2H3,(H,22,23). The van der Waals surface area contributed by atoms with Crippen LogP contribution in [0.1, 0.15) is 0 Å². The lowest BCUT2D eigenvalue weighted by atomic mass is 10.1. The number of carbonyl (C=O) groups excluding carboxylic acids is 1. The summed E-state index contributed by atoms with van der Waals surface area (Å²) in [5.41, 5.74) is 1.50. The molecule has 0 aliphatic rings. The normalized spacial score (nSPS) is 10.3. The van der Waals surface area contributed by atoms with Gasteiger partial charge in [-0.2, -0.15) is 0 Å². The number of benzene rings is 3. The third-order valence-corrected chi connectivity index (χ3v) is 3.91. The van der Waals surface area contributed by atoms with Crippen LogP contribution >= 0.6 is 0 Å². The second-order valence-corrected chi connectivity index (χ2v) is 5.49. The van der Waals surface area contributed by atoms with E-state index in [0.717, 1.165) is 16.5 Å². The van der Waals surface area contributed by atoms with E-state index in [-0.39, 0.29) is 12.5 Å². The first-order valence-corrected chi connectivity index (χ1v) is 7.95. The third-order valence-electron chi connectivity index (χ3n) is 3.91. The van der Waals surface area contributed by atoms with E-state index < -0.39 is 0 Å². The number of hydrogen-bond acceptors (Lipinski definition) is 4. The van der Waals surface area contributed by atoms with Gasteiger partial charge < -0.3 is 20.1 Å². The zero-order chi connectivity index (χ0) is 17.6. The van der Waals surface area contributed by atoms with Gasteiger partial charge in [-0.05, 0) is 23.6 Å². The van der Waals surface area contributed by atoms with Crippen molar-refractivity contribution >= 4 is 28.1 Å². The minimum atomic E-state index is -0.167. The lowest BCUT2D eigenvalue weighted by molar-refractivity contribution is -0.114. The van der Waals surface area contributed by atoms with Crippen molar-refractivity contribution in [2.75, 3.05) is 31.4 Å². The molecule has 25 heavy (non-hydrogen) atoms. The molecule has 0 aliphatic carbocycles. The van der Waals surface area contributed by atoms with E-state index in [1.54, 1.807) is 32.4 Å². The smallest absolute Gasteiger partial charge is 0.243 e. The fourth-order valence-electron chi connectivity index (χ4n) is 2.66. The molecule has 2 N–H and O–H groups in total. The Morgan fingerprint density at radius 2 is 1.72 bits per heavy atom. The van der Waals surface area contributed by atoms with Crippen molar-refractivity contribution in [1.82, 2.24) is 0 Å². The summed E-state index contributed by atoms with van der Waals surface area (Å²) in [7, 11) is 3.14. The maximum Gasteiger partial charge on any atom is 0.243 e.